The molecule has 2 heterocycles. The number of nitrogens with zero attached hydrogens (tertiary/aromatic N) is 4. The van der Waals surface area contributed by atoms with Crippen molar-refractivity contribution in [2.45, 2.75) is 45.5 Å². The highest BCUT2D eigenvalue weighted by molar-refractivity contribution is 7.99. The molecular weight excluding hydrogens is 394 g/mol. The second kappa shape index (κ2) is 9.20. The SMILES string of the molecule is CCn1c(SCC(=O)Nc2nc(C)c(C)s2)nnc1[C@@H](C)Oc1ccccc1. The van der Waals surface area contributed by atoms with E-state index in [1.807, 2.05) is 62.6 Å². The number of aromatic nitrogens is 4. The predicted octanol–water partition coefficient (Wildman–Crippen LogP) is 4.24. The second-order valence-electron chi connectivity index (χ2n) is 6.16. The summed E-state index contributed by atoms with van der Waals surface area (Å²) in [5.74, 6) is 1.65. The molecule has 1 atom stereocenters. The highest BCUT2D eigenvalue weighted by atomic mass is 32.2. The molecule has 0 aliphatic carbocycles. The summed E-state index contributed by atoms with van der Waals surface area (Å²) in [6.07, 6.45) is -0.251. The first-order valence-corrected chi connectivity index (χ1v) is 10.8. The average molecular weight is 418 g/mol. The Bertz CT molecular complexity index is 920. The summed E-state index contributed by atoms with van der Waals surface area (Å²) in [6.45, 7) is 8.58. The Labute approximate surface area is 172 Å². The maximum atomic E-state index is 12.2. The van der Waals surface area contributed by atoms with Crippen molar-refractivity contribution in [2.24, 2.45) is 0 Å². The molecule has 1 aromatic carbocycles. The lowest BCUT2D eigenvalue weighted by Gasteiger charge is -2.15. The zero-order valence-corrected chi connectivity index (χ0v) is 17.9. The van der Waals surface area contributed by atoms with Gasteiger partial charge in [0.05, 0.1) is 11.4 Å². The van der Waals surface area contributed by atoms with Crippen molar-refractivity contribution in [3.63, 3.8) is 0 Å². The third kappa shape index (κ3) is 4.90. The van der Waals surface area contributed by atoms with Crippen molar-refractivity contribution in [1.29, 1.82) is 0 Å². The quantitative estimate of drug-likeness (QED) is 0.552. The second-order valence-corrected chi connectivity index (χ2v) is 8.30. The van der Waals surface area contributed by atoms with E-state index < -0.39 is 0 Å². The number of benzene rings is 1. The molecule has 0 radical (unpaired) electrons. The summed E-state index contributed by atoms with van der Waals surface area (Å²) in [6, 6.07) is 9.62. The lowest BCUT2D eigenvalue weighted by molar-refractivity contribution is -0.113. The van der Waals surface area contributed by atoms with Crippen LogP contribution >= 0.6 is 23.1 Å². The van der Waals surface area contributed by atoms with Gasteiger partial charge in [-0.15, -0.1) is 21.5 Å². The molecule has 0 unspecified atom stereocenters. The number of para-hydroxylation sites is 1. The summed E-state index contributed by atoms with van der Waals surface area (Å²) in [7, 11) is 0. The van der Waals surface area contributed by atoms with Crippen LogP contribution in [-0.2, 0) is 11.3 Å². The topological polar surface area (TPSA) is 81.9 Å². The molecule has 0 saturated carbocycles. The zero-order valence-electron chi connectivity index (χ0n) is 16.3. The Morgan fingerprint density at radius 2 is 2.04 bits per heavy atom. The maximum absolute atomic E-state index is 12.2. The minimum atomic E-state index is -0.251. The average Bonchev–Trinajstić information content (AvgIpc) is 3.23. The van der Waals surface area contributed by atoms with E-state index in [1.54, 1.807) is 0 Å². The van der Waals surface area contributed by atoms with E-state index in [9.17, 15) is 4.79 Å². The minimum Gasteiger partial charge on any atom is -0.483 e. The van der Waals surface area contributed by atoms with E-state index in [0.29, 0.717) is 16.8 Å². The van der Waals surface area contributed by atoms with Crippen LogP contribution in [0.4, 0.5) is 5.13 Å². The highest BCUT2D eigenvalue weighted by Crippen LogP contribution is 2.25. The Hall–Kier alpha value is -2.39. The molecule has 28 heavy (non-hydrogen) atoms. The Balaban J connectivity index is 1.62. The monoisotopic (exact) mass is 417 g/mol. The van der Waals surface area contributed by atoms with Crippen LogP contribution in [0.1, 0.15) is 36.3 Å². The van der Waals surface area contributed by atoms with Gasteiger partial charge in [0.25, 0.3) is 0 Å². The Morgan fingerprint density at radius 1 is 1.29 bits per heavy atom. The van der Waals surface area contributed by atoms with Crippen LogP contribution in [-0.4, -0.2) is 31.4 Å². The van der Waals surface area contributed by atoms with Gasteiger partial charge in [0.15, 0.2) is 22.2 Å². The molecular formula is C19H23N5O2S2. The number of amides is 1. The number of thiazole rings is 1. The normalized spacial score (nSPS) is 12.0. The standard InChI is InChI=1S/C19H23N5O2S2/c1-5-24-17(13(3)26-15-9-7-6-8-10-15)22-23-19(24)27-11-16(25)21-18-20-12(2)14(4)28-18/h6-10,13H,5,11H2,1-4H3,(H,20,21,25)/t13-/m1/s1. The van der Waals surface area contributed by atoms with E-state index in [-0.39, 0.29) is 17.8 Å². The van der Waals surface area contributed by atoms with Gasteiger partial charge in [-0.05, 0) is 39.8 Å². The molecule has 1 amide bonds. The first-order chi connectivity index (χ1) is 13.5. The number of carbonyl (C=O) groups is 1. The summed E-state index contributed by atoms with van der Waals surface area (Å²) in [5.41, 5.74) is 0.940. The number of aryl methyl sites for hydroxylation is 2. The van der Waals surface area contributed by atoms with Crippen LogP contribution < -0.4 is 10.1 Å². The molecule has 0 aliphatic heterocycles. The molecule has 0 bridgehead atoms. The number of thioether (sulfide) groups is 1. The Kier molecular flexibility index (Phi) is 6.69. The van der Waals surface area contributed by atoms with Crippen LogP contribution in [0, 0.1) is 13.8 Å². The van der Waals surface area contributed by atoms with Crippen molar-refractivity contribution < 1.29 is 9.53 Å². The zero-order chi connectivity index (χ0) is 20.1. The molecule has 1 N–H and O–H groups in total. The van der Waals surface area contributed by atoms with E-state index in [2.05, 4.69) is 20.5 Å². The van der Waals surface area contributed by atoms with Crippen molar-refractivity contribution in [3.05, 3.63) is 46.7 Å². The first kappa shape index (κ1) is 20.3. The fraction of sp³-hybridized carbons (Fsp3) is 0.368. The van der Waals surface area contributed by atoms with Crippen LogP contribution in [0.15, 0.2) is 35.5 Å². The molecule has 0 aliphatic rings. The van der Waals surface area contributed by atoms with Crippen molar-refractivity contribution in [1.82, 2.24) is 19.7 Å². The number of hydrogen-bond donors (Lipinski definition) is 1. The summed E-state index contributed by atoms with van der Waals surface area (Å²) >= 11 is 2.83. The van der Waals surface area contributed by atoms with Gasteiger partial charge in [0, 0.05) is 11.4 Å². The van der Waals surface area contributed by atoms with Gasteiger partial charge in [-0.1, -0.05) is 30.0 Å². The fourth-order valence-corrected chi connectivity index (χ4v) is 4.21. The van der Waals surface area contributed by atoms with Crippen molar-refractivity contribution in [2.75, 3.05) is 11.1 Å². The summed E-state index contributed by atoms with van der Waals surface area (Å²) < 4.78 is 7.93. The van der Waals surface area contributed by atoms with Gasteiger partial charge in [0.2, 0.25) is 5.91 Å². The van der Waals surface area contributed by atoms with E-state index in [1.165, 1.54) is 23.1 Å². The number of anilines is 1. The molecule has 0 fully saturated rings. The Morgan fingerprint density at radius 3 is 2.68 bits per heavy atom. The van der Waals surface area contributed by atoms with Crippen LogP contribution in [0.3, 0.4) is 0 Å². The van der Waals surface area contributed by atoms with Gasteiger partial charge in [-0.25, -0.2) is 4.98 Å². The van der Waals surface area contributed by atoms with E-state index >= 15 is 0 Å². The van der Waals surface area contributed by atoms with Crippen LogP contribution in [0.5, 0.6) is 5.75 Å². The van der Waals surface area contributed by atoms with Gasteiger partial charge in [-0.2, -0.15) is 0 Å². The molecule has 0 saturated heterocycles. The predicted molar refractivity (Wildman–Crippen MR) is 112 cm³/mol. The molecule has 0 spiro atoms. The number of carbonyl (C=O) groups excluding carboxylic acids is 1. The molecule has 2 aromatic heterocycles. The number of hydrogen-bond acceptors (Lipinski definition) is 7. The number of nitrogens with one attached hydrogen (secondary N) is 1. The highest BCUT2D eigenvalue weighted by Gasteiger charge is 2.19. The molecule has 3 aromatic rings. The van der Waals surface area contributed by atoms with Crippen molar-refractivity contribution in [3.8, 4) is 5.75 Å². The van der Waals surface area contributed by atoms with Crippen LogP contribution in [0.25, 0.3) is 0 Å². The van der Waals surface area contributed by atoms with Crippen molar-refractivity contribution >= 4 is 34.1 Å². The third-order valence-electron chi connectivity index (χ3n) is 4.09. The molecule has 148 valence electrons. The summed E-state index contributed by atoms with van der Waals surface area (Å²) in [5, 5.41) is 12.7. The van der Waals surface area contributed by atoms with Gasteiger partial charge >= 0.3 is 0 Å². The van der Waals surface area contributed by atoms with E-state index in [0.717, 1.165) is 22.1 Å². The maximum Gasteiger partial charge on any atom is 0.236 e. The lowest BCUT2D eigenvalue weighted by atomic mass is 10.3. The molecule has 7 nitrogen and oxygen atoms in total. The van der Waals surface area contributed by atoms with Gasteiger partial charge in [0.1, 0.15) is 5.75 Å². The number of rotatable bonds is 8. The number of ether oxygens (including phenoxy) is 1. The smallest absolute Gasteiger partial charge is 0.236 e. The van der Waals surface area contributed by atoms with Crippen LogP contribution in [0.2, 0.25) is 0 Å². The lowest BCUT2D eigenvalue weighted by Crippen LogP contribution is -2.15. The first-order valence-electron chi connectivity index (χ1n) is 8.99. The fourth-order valence-electron chi connectivity index (χ4n) is 2.57. The van der Waals surface area contributed by atoms with Gasteiger partial charge in [-0.3, -0.25) is 4.79 Å². The third-order valence-corrected chi connectivity index (χ3v) is 6.04. The molecule has 9 heteroatoms. The largest absolute Gasteiger partial charge is 0.483 e. The van der Waals surface area contributed by atoms with Gasteiger partial charge < -0.3 is 14.6 Å². The summed E-state index contributed by atoms with van der Waals surface area (Å²) in [4.78, 5) is 17.7. The minimum absolute atomic E-state index is 0.112. The van der Waals surface area contributed by atoms with E-state index in [4.69, 9.17) is 4.74 Å². The molecule has 3 rings (SSSR count).